The lowest BCUT2D eigenvalue weighted by atomic mass is 10.1. The van der Waals surface area contributed by atoms with Crippen LogP contribution >= 0.6 is 0 Å². The normalized spacial score (nSPS) is 12.0. The van der Waals surface area contributed by atoms with E-state index in [-0.39, 0.29) is 12.0 Å². The van der Waals surface area contributed by atoms with Gasteiger partial charge in [-0.15, -0.1) is 10.2 Å². The highest BCUT2D eigenvalue weighted by Gasteiger charge is 2.12. The molecule has 0 unspecified atom stereocenters. The second-order valence-electron chi connectivity index (χ2n) is 7.98. The molecule has 1 N–H and O–H groups in total. The average Bonchev–Trinajstić information content (AvgIpc) is 3.22. The van der Waals surface area contributed by atoms with Crippen LogP contribution in [-0.2, 0) is 6.42 Å². The lowest BCUT2D eigenvalue weighted by Gasteiger charge is -2.13. The molecule has 0 fully saturated rings. The van der Waals surface area contributed by atoms with Gasteiger partial charge >= 0.3 is 0 Å². The van der Waals surface area contributed by atoms with Crippen molar-refractivity contribution in [2.45, 2.75) is 46.6 Å². The summed E-state index contributed by atoms with van der Waals surface area (Å²) in [4.78, 5) is 14.4. The van der Waals surface area contributed by atoms with E-state index in [0.717, 1.165) is 46.6 Å². The molecule has 6 nitrogen and oxygen atoms in total. The number of amides is 1. The number of fused-ring (bicyclic) bond motifs is 1. The summed E-state index contributed by atoms with van der Waals surface area (Å²) in [5.41, 5.74) is 5.90. The maximum atomic E-state index is 12.8. The first kappa shape index (κ1) is 21.6. The molecule has 32 heavy (non-hydrogen) atoms. The van der Waals surface area contributed by atoms with Crippen LogP contribution < -0.4 is 10.1 Å². The van der Waals surface area contributed by atoms with E-state index in [1.165, 1.54) is 5.56 Å². The largest absolute Gasteiger partial charge is 0.491 e. The molecule has 1 aromatic heterocycles. The van der Waals surface area contributed by atoms with Crippen molar-refractivity contribution in [2.24, 2.45) is 0 Å². The van der Waals surface area contributed by atoms with Crippen LogP contribution in [0.4, 0.5) is 5.69 Å². The van der Waals surface area contributed by atoms with Crippen LogP contribution in [0.2, 0.25) is 0 Å². The molecule has 1 heterocycles. The number of carbonyl (C=O) groups excluding carboxylic acids is 1. The molecule has 164 valence electrons. The Kier molecular flexibility index (Phi) is 6.21. The first-order chi connectivity index (χ1) is 15.5. The Bertz CT molecular complexity index is 1230. The fourth-order valence-corrected chi connectivity index (χ4v) is 3.38. The Morgan fingerprint density at radius 1 is 1.00 bits per heavy atom. The number of anilines is 1. The van der Waals surface area contributed by atoms with Crippen molar-refractivity contribution in [3.63, 3.8) is 0 Å². The van der Waals surface area contributed by atoms with Crippen molar-refractivity contribution in [3.05, 3.63) is 77.4 Å². The van der Waals surface area contributed by atoms with Crippen LogP contribution in [-0.4, -0.2) is 27.0 Å². The summed E-state index contributed by atoms with van der Waals surface area (Å²) >= 11 is 0. The molecule has 0 aliphatic rings. The first-order valence-corrected chi connectivity index (χ1v) is 11.0. The van der Waals surface area contributed by atoms with Gasteiger partial charge in [0.25, 0.3) is 5.91 Å². The van der Waals surface area contributed by atoms with Crippen LogP contribution in [0.3, 0.4) is 0 Å². The zero-order valence-corrected chi connectivity index (χ0v) is 18.9. The van der Waals surface area contributed by atoms with Gasteiger partial charge in [0.05, 0.1) is 11.8 Å². The van der Waals surface area contributed by atoms with Crippen molar-refractivity contribution in [3.8, 4) is 11.4 Å². The number of hydrogen-bond acceptors (Lipinski definition) is 4. The highest BCUT2D eigenvalue weighted by atomic mass is 16.5. The minimum atomic E-state index is -0.176. The molecule has 0 aliphatic heterocycles. The van der Waals surface area contributed by atoms with Gasteiger partial charge in [0.1, 0.15) is 16.8 Å². The van der Waals surface area contributed by atoms with E-state index in [9.17, 15) is 4.79 Å². The molecule has 0 bridgehead atoms. The standard InChI is InChI=1S/C26H28N4O2/c1-5-18(4)32-22-13-9-20(10-14-22)26(31)27-23-16-25-24(15-17(23)3)28-30(29-25)21-11-7-19(6-2)8-12-21/h7-16,18H,5-6H2,1-4H3,(H,27,31)/t18-/m0/s1. The van der Waals surface area contributed by atoms with Crippen LogP contribution in [0.15, 0.2) is 60.7 Å². The quantitative estimate of drug-likeness (QED) is 0.409. The molecule has 0 saturated heterocycles. The number of aryl methyl sites for hydroxylation is 2. The second kappa shape index (κ2) is 9.22. The van der Waals surface area contributed by atoms with E-state index >= 15 is 0 Å². The van der Waals surface area contributed by atoms with Gasteiger partial charge in [0.15, 0.2) is 0 Å². The monoisotopic (exact) mass is 428 g/mol. The predicted octanol–water partition coefficient (Wildman–Crippen LogP) is 5.72. The molecule has 0 radical (unpaired) electrons. The maximum absolute atomic E-state index is 12.8. The SMILES string of the molecule is CCc1ccc(-n2nc3cc(C)c(NC(=O)c4ccc(O[C@@H](C)CC)cc4)cc3n2)cc1. The molecule has 4 rings (SSSR count). The van der Waals surface area contributed by atoms with Gasteiger partial charge in [-0.05, 0) is 86.3 Å². The Morgan fingerprint density at radius 2 is 1.66 bits per heavy atom. The van der Waals surface area contributed by atoms with Crippen molar-refractivity contribution in [1.82, 2.24) is 15.0 Å². The highest BCUT2D eigenvalue weighted by Crippen LogP contribution is 2.23. The minimum Gasteiger partial charge on any atom is -0.491 e. The van der Waals surface area contributed by atoms with E-state index in [1.807, 2.05) is 50.2 Å². The van der Waals surface area contributed by atoms with Crippen molar-refractivity contribution < 1.29 is 9.53 Å². The summed E-state index contributed by atoms with van der Waals surface area (Å²) in [6.45, 7) is 8.18. The fourth-order valence-electron chi connectivity index (χ4n) is 3.38. The Hall–Kier alpha value is -3.67. The molecule has 0 saturated carbocycles. The number of hydrogen-bond donors (Lipinski definition) is 1. The third-order valence-corrected chi connectivity index (χ3v) is 5.58. The molecule has 1 amide bonds. The van der Waals surface area contributed by atoms with Gasteiger partial charge in [0, 0.05) is 11.3 Å². The lowest BCUT2D eigenvalue weighted by Crippen LogP contribution is -2.13. The van der Waals surface area contributed by atoms with E-state index in [1.54, 1.807) is 16.9 Å². The number of nitrogens with one attached hydrogen (secondary N) is 1. The van der Waals surface area contributed by atoms with Crippen LogP contribution in [0.5, 0.6) is 5.75 Å². The van der Waals surface area contributed by atoms with Crippen LogP contribution in [0.25, 0.3) is 16.7 Å². The van der Waals surface area contributed by atoms with Crippen LogP contribution in [0.1, 0.15) is 48.7 Å². The lowest BCUT2D eigenvalue weighted by molar-refractivity contribution is 0.102. The molecular weight excluding hydrogens is 400 g/mol. The van der Waals surface area contributed by atoms with E-state index in [4.69, 9.17) is 4.74 Å². The summed E-state index contributed by atoms with van der Waals surface area (Å²) in [7, 11) is 0. The molecule has 0 spiro atoms. The van der Waals surface area contributed by atoms with Crippen molar-refractivity contribution in [1.29, 1.82) is 0 Å². The number of benzene rings is 3. The third-order valence-electron chi connectivity index (χ3n) is 5.58. The molecule has 1 atom stereocenters. The van der Waals surface area contributed by atoms with Gasteiger partial charge in [-0.1, -0.05) is 26.0 Å². The van der Waals surface area contributed by atoms with Crippen molar-refractivity contribution >= 4 is 22.6 Å². The smallest absolute Gasteiger partial charge is 0.255 e. The molecule has 6 heteroatoms. The Labute approximate surface area is 188 Å². The Morgan fingerprint density at radius 3 is 2.28 bits per heavy atom. The zero-order chi connectivity index (χ0) is 22.7. The zero-order valence-electron chi connectivity index (χ0n) is 18.9. The average molecular weight is 429 g/mol. The molecule has 4 aromatic rings. The van der Waals surface area contributed by atoms with Gasteiger partial charge < -0.3 is 10.1 Å². The number of ether oxygens (including phenoxy) is 1. The van der Waals surface area contributed by atoms with Gasteiger partial charge in [-0.3, -0.25) is 4.79 Å². The van der Waals surface area contributed by atoms with Gasteiger partial charge in [0.2, 0.25) is 0 Å². The first-order valence-electron chi connectivity index (χ1n) is 11.0. The van der Waals surface area contributed by atoms with Gasteiger partial charge in [-0.2, -0.15) is 4.80 Å². The molecule has 3 aromatic carbocycles. The summed E-state index contributed by atoms with van der Waals surface area (Å²) in [6, 6.07) is 19.2. The summed E-state index contributed by atoms with van der Waals surface area (Å²) in [6.07, 6.45) is 2.06. The summed E-state index contributed by atoms with van der Waals surface area (Å²) in [5, 5.41) is 12.2. The topological polar surface area (TPSA) is 69.0 Å². The maximum Gasteiger partial charge on any atom is 0.255 e. The van der Waals surface area contributed by atoms with Crippen LogP contribution in [0, 0.1) is 6.92 Å². The van der Waals surface area contributed by atoms with E-state index in [0.29, 0.717) is 5.56 Å². The fraction of sp³-hybridized carbons (Fsp3) is 0.269. The minimum absolute atomic E-state index is 0.141. The third kappa shape index (κ3) is 4.64. The second-order valence-corrected chi connectivity index (χ2v) is 7.98. The summed E-state index contributed by atoms with van der Waals surface area (Å²) in [5.74, 6) is 0.585. The highest BCUT2D eigenvalue weighted by molar-refractivity contribution is 6.05. The Balaban J connectivity index is 1.53. The van der Waals surface area contributed by atoms with E-state index < -0.39 is 0 Å². The number of rotatable bonds is 7. The summed E-state index contributed by atoms with van der Waals surface area (Å²) < 4.78 is 5.79. The molecule has 0 aliphatic carbocycles. The predicted molar refractivity (Wildman–Crippen MR) is 128 cm³/mol. The van der Waals surface area contributed by atoms with Crippen molar-refractivity contribution in [2.75, 3.05) is 5.32 Å². The van der Waals surface area contributed by atoms with E-state index in [2.05, 4.69) is 41.5 Å². The van der Waals surface area contributed by atoms with Gasteiger partial charge in [-0.25, -0.2) is 0 Å². The number of aromatic nitrogens is 3. The number of carbonyl (C=O) groups is 1. The molecular formula is C26H28N4O2. The number of nitrogens with zero attached hydrogens (tertiary/aromatic N) is 3.